The third-order valence-corrected chi connectivity index (χ3v) is 4.71. The minimum absolute atomic E-state index is 0.0459. The van der Waals surface area contributed by atoms with Gasteiger partial charge in [0.1, 0.15) is 5.69 Å². The lowest BCUT2D eigenvalue weighted by Gasteiger charge is -2.35. The summed E-state index contributed by atoms with van der Waals surface area (Å²) in [4.78, 5) is 38.6. The number of likely N-dealkylation sites (N-methyl/N-ethyl adjacent to an activating group) is 1. The van der Waals surface area contributed by atoms with Crippen LogP contribution >= 0.6 is 0 Å². The topological polar surface area (TPSA) is 108 Å². The predicted molar refractivity (Wildman–Crippen MR) is 96.3 cm³/mol. The number of hydrogen-bond donors (Lipinski definition) is 2. The van der Waals surface area contributed by atoms with Crippen LogP contribution in [0.15, 0.2) is 18.2 Å². The number of nitrogens with one attached hydrogen (secondary N) is 2. The average molecular weight is 361 g/mol. The summed E-state index contributed by atoms with van der Waals surface area (Å²) in [6.07, 6.45) is 1.93. The van der Waals surface area contributed by atoms with E-state index >= 15 is 0 Å². The van der Waals surface area contributed by atoms with Crippen LogP contribution in [0.5, 0.6) is 0 Å². The minimum atomic E-state index is -0.444. The molecular weight excluding hydrogens is 338 g/mol. The van der Waals surface area contributed by atoms with E-state index in [2.05, 4.69) is 10.6 Å². The number of piperazine rings is 1. The maximum absolute atomic E-state index is 12.1. The van der Waals surface area contributed by atoms with Gasteiger partial charge in [0.05, 0.1) is 11.5 Å². The lowest BCUT2D eigenvalue weighted by molar-refractivity contribution is -0.384. The van der Waals surface area contributed by atoms with Crippen molar-refractivity contribution in [3.63, 3.8) is 0 Å². The molecule has 0 radical (unpaired) electrons. The van der Waals surface area contributed by atoms with E-state index in [1.807, 2.05) is 9.80 Å². The Kier molecular flexibility index (Phi) is 5.36. The summed E-state index contributed by atoms with van der Waals surface area (Å²) >= 11 is 0. The Labute approximate surface area is 151 Å². The van der Waals surface area contributed by atoms with Gasteiger partial charge in [-0.05, 0) is 25.0 Å². The predicted octanol–water partition coefficient (Wildman–Crippen LogP) is 0.355. The molecular formula is C17H23N5O4. The van der Waals surface area contributed by atoms with Crippen molar-refractivity contribution in [2.45, 2.75) is 18.9 Å². The van der Waals surface area contributed by atoms with Gasteiger partial charge in [0.2, 0.25) is 5.91 Å². The molecule has 2 fully saturated rings. The zero-order valence-electron chi connectivity index (χ0n) is 14.7. The Balaban J connectivity index is 1.70. The summed E-state index contributed by atoms with van der Waals surface area (Å²) < 4.78 is 0. The van der Waals surface area contributed by atoms with E-state index in [-0.39, 0.29) is 23.5 Å². The molecule has 9 heteroatoms. The van der Waals surface area contributed by atoms with Gasteiger partial charge in [0.25, 0.3) is 11.6 Å². The molecule has 0 spiro atoms. The molecule has 0 bridgehead atoms. The number of nitro groups is 1. The molecule has 1 saturated carbocycles. The molecule has 1 aromatic rings. The van der Waals surface area contributed by atoms with Crippen LogP contribution in [-0.4, -0.2) is 67.5 Å². The van der Waals surface area contributed by atoms with Crippen LogP contribution in [0.1, 0.15) is 23.2 Å². The molecule has 1 saturated heterocycles. The number of rotatable bonds is 6. The maximum Gasteiger partial charge on any atom is 0.293 e. The van der Waals surface area contributed by atoms with E-state index in [1.54, 1.807) is 19.2 Å². The quantitative estimate of drug-likeness (QED) is 0.559. The van der Waals surface area contributed by atoms with Gasteiger partial charge in [-0.25, -0.2) is 0 Å². The van der Waals surface area contributed by atoms with Crippen molar-refractivity contribution in [3.05, 3.63) is 33.9 Å². The summed E-state index contributed by atoms with van der Waals surface area (Å²) in [6, 6.07) is 4.84. The van der Waals surface area contributed by atoms with E-state index in [9.17, 15) is 19.7 Å². The molecule has 9 nitrogen and oxygen atoms in total. The van der Waals surface area contributed by atoms with Gasteiger partial charge >= 0.3 is 0 Å². The van der Waals surface area contributed by atoms with Crippen molar-refractivity contribution >= 4 is 23.2 Å². The van der Waals surface area contributed by atoms with Gasteiger partial charge < -0.3 is 15.5 Å². The van der Waals surface area contributed by atoms with Gasteiger partial charge in [-0.3, -0.25) is 24.6 Å². The van der Waals surface area contributed by atoms with Crippen molar-refractivity contribution in [2.24, 2.45) is 0 Å². The van der Waals surface area contributed by atoms with Crippen molar-refractivity contribution in [3.8, 4) is 0 Å². The molecule has 1 heterocycles. The van der Waals surface area contributed by atoms with Crippen LogP contribution in [-0.2, 0) is 4.79 Å². The smallest absolute Gasteiger partial charge is 0.293 e. The van der Waals surface area contributed by atoms with E-state index in [0.717, 1.165) is 12.8 Å². The molecule has 0 unspecified atom stereocenters. The Bertz CT molecular complexity index is 711. The van der Waals surface area contributed by atoms with Crippen LogP contribution in [0, 0.1) is 10.1 Å². The van der Waals surface area contributed by atoms with Crippen LogP contribution in [0.25, 0.3) is 0 Å². The maximum atomic E-state index is 12.1. The highest BCUT2D eigenvalue weighted by atomic mass is 16.6. The van der Waals surface area contributed by atoms with Crippen LogP contribution in [0.4, 0.5) is 11.4 Å². The zero-order chi connectivity index (χ0) is 18.7. The summed E-state index contributed by atoms with van der Waals surface area (Å²) in [5.41, 5.74) is 0.761. The SMILES string of the molecule is CNC(=O)CN1CCN(c2ccc(C(=O)NC3CC3)cc2[N+](=O)[O-])CC1. The lowest BCUT2D eigenvalue weighted by atomic mass is 10.1. The fourth-order valence-electron chi connectivity index (χ4n) is 3.00. The van der Waals surface area contributed by atoms with E-state index < -0.39 is 4.92 Å². The molecule has 2 amide bonds. The first-order chi connectivity index (χ1) is 12.5. The first-order valence-corrected chi connectivity index (χ1v) is 8.75. The standard InChI is InChI=1S/C17H23N5O4/c1-18-16(23)11-20-6-8-21(9-7-20)14-5-2-12(10-15(14)22(25)26)17(24)19-13-3-4-13/h2,5,10,13H,3-4,6-9,11H2,1H3,(H,18,23)(H,19,24). The van der Waals surface area contributed by atoms with Crippen molar-refractivity contribution in [1.82, 2.24) is 15.5 Å². The normalized spacial score (nSPS) is 17.7. The number of anilines is 1. The van der Waals surface area contributed by atoms with E-state index in [1.165, 1.54) is 6.07 Å². The molecule has 1 aliphatic heterocycles. The minimum Gasteiger partial charge on any atom is -0.363 e. The molecule has 1 aromatic carbocycles. The van der Waals surface area contributed by atoms with Gasteiger partial charge in [-0.1, -0.05) is 0 Å². The first-order valence-electron chi connectivity index (χ1n) is 8.75. The zero-order valence-corrected chi connectivity index (χ0v) is 14.7. The summed E-state index contributed by atoms with van der Waals surface area (Å²) in [5.74, 6) is -0.312. The number of amides is 2. The van der Waals surface area contributed by atoms with Crippen molar-refractivity contribution in [1.29, 1.82) is 0 Å². The number of carbonyl (C=O) groups excluding carboxylic acids is 2. The largest absolute Gasteiger partial charge is 0.363 e. The van der Waals surface area contributed by atoms with E-state index in [4.69, 9.17) is 0 Å². The molecule has 2 N–H and O–H groups in total. The molecule has 0 atom stereocenters. The van der Waals surface area contributed by atoms with Crippen molar-refractivity contribution < 1.29 is 14.5 Å². The van der Waals surface area contributed by atoms with Crippen molar-refractivity contribution in [2.75, 3.05) is 44.7 Å². The number of hydrogen-bond acceptors (Lipinski definition) is 6. The van der Waals surface area contributed by atoms with Gasteiger partial charge in [0.15, 0.2) is 0 Å². The number of benzene rings is 1. The van der Waals surface area contributed by atoms with Gasteiger partial charge in [-0.2, -0.15) is 0 Å². The Morgan fingerprint density at radius 2 is 1.92 bits per heavy atom. The third-order valence-electron chi connectivity index (χ3n) is 4.71. The van der Waals surface area contributed by atoms with Crippen LogP contribution < -0.4 is 15.5 Å². The number of nitro benzene ring substituents is 1. The van der Waals surface area contributed by atoms with E-state index in [0.29, 0.717) is 44.0 Å². The van der Waals surface area contributed by atoms with Gasteiger partial charge in [0, 0.05) is 50.9 Å². The molecule has 2 aliphatic rings. The Morgan fingerprint density at radius 1 is 1.23 bits per heavy atom. The fraction of sp³-hybridized carbons (Fsp3) is 0.529. The Morgan fingerprint density at radius 3 is 2.50 bits per heavy atom. The highest BCUT2D eigenvalue weighted by Gasteiger charge is 2.27. The second-order valence-corrected chi connectivity index (χ2v) is 6.64. The summed E-state index contributed by atoms with van der Waals surface area (Å²) in [6.45, 7) is 2.80. The average Bonchev–Trinajstić information content (AvgIpc) is 3.45. The molecule has 0 aromatic heterocycles. The lowest BCUT2D eigenvalue weighted by Crippen LogP contribution is -2.49. The van der Waals surface area contributed by atoms with Gasteiger partial charge in [-0.15, -0.1) is 0 Å². The van der Waals surface area contributed by atoms with Crippen LogP contribution in [0.2, 0.25) is 0 Å². The summed E-state index contributed by atoms with van der Waals surface area (Å²) in [7, 11) is 1.60. The molecule has 26 heavy (non-hydrogen) atoms. The highest BCUT2D eigenvalue weighted by Crippen LogP contribution is 2.30. The van der Waals surface area contributed by atoms with Crippen LogP contribution in [0.3, 0.4) is 0 Å². The second-order valence-electron chi connectivity index (χ2n) is 6.64. The monoisotopic (exact) mass is 361 g/mol. The Hall–Kier alpha value is -2.68. The fourth-order valence-corrected chi connectivity index (χ4v) is 3.00. The number of nitrogens with zero attached hydrogens (tertiary/aromatic N) is 3. The molecule has 140 valence electrons. The number of carbonyl (C=O) groups is 2. The first kappa shape index (κ1) is 18.1. The highest BCUT2D eigenvalue weighted by molar-refractivity contribution is 5.96. The molecule has 3 rings (SSSR count). The second kappa shape index (κ2) is 7.69. The molecule has 1 aliphatic carbocycles. The third kappa shape index (κ3) is 4.29. The summed E-state index contributed by atoms with van der Waals surface area (Å²) in [5, 5.41) is 16.9.